The molecule has 2 rings (SSSR count). The fraction of sp³-hybridized carbons (Fsp3) is 0.263. The first-order valence-electron chi connectivity index (χ1n) is 7.78. The molecule has 0 radical (unpaired) electrons. The summed E-state index contributed by atoms with van der Waals surface area (Å²) in [6.45, 7) is 5.70. The van der Waals surface area contributed by atoms with Crippen LogP contribution in [0.5, 0.6) is 5.75 Å². The molecule has 0 unspecified atom stereocenters. The molecule has 126 valence electrons. The average molecular weight is 326 g/mol. The van der Waals surface area contributed by atoms with Crippen LogP contribution in [0.2, 0.25) is 0 Å². The van der Waals surface area contributed by atoms with Gasteiger partial charge in [0.1, 0.15) is 5.75 Å². The molecule has 0 aliphatic carbocycles. The Morgan fingerprint density at radius 2 is 1.62 bits per heavy atom. The van der Waals surface area contributed by atoms with Crippen molar-refractivity contribution in [3.8, 4) is 5.75 Å². The second kappa shape index (κ2) is 8.15. The van der Waals surface area contributed by atoms with Gasteiger partial charge in [0.15, 0.2) is 6.61 Å². The van der Waals surface area contributed by atoms with Gasteiger partial charge in [-0.15, -0.1) is 0 Å². The quantitative estimate of drug-likeness (QED) is 0.829. The number of hydrogen-bond acceptors (Lipinski definition) is 3. The van der Waals surface area contributed by atoms with Crippen molar-refractivity contribution >= 4 is 11.8 Å². The van der Waals surface area contributed by atoms with Gasteiger partial charge in [-0.1, -0.05) is 42.0 Å². The van der Waals surface area contributed by atoms with Gasteiger partial charge in [0.05, 0.1) is 6.42 Å². The second-order valence-corrected chi connectivity index (χ2v) is 5.76. The molecule has 24 heavy (non-hydrogen) atoms. The molecule has 2 N–H and O–H groups in total. The Hall–Kier alpha value is -2.82. The molecule has 5 nitrogen and oxygen atoms in total. The maximum atomic E-state index is 11.9. The molecule has 5 heteroatoms. The summed E-state index contributed by atoms with van der Waals surface area (Å²) in [5.74, 6) is -0.0285. The van der Waals surface area contributed by atoms with Crippen molar-refractivity contribution in [2.24, 2.45) is 0 Å². The zero-order valence-corrected chi connectivity index (χ0v) is 14.2. The van der Waals surface area contributed by atoms with Gasteiger partial charge in [-0.2, -0.15) is 0 Å². The molecule has 0 aromatic heterocycles. The van der Waals surface area contributed by atoms with E-state index in [9.17, 15) is 9.59 Å². The largest absolute Gasteiger partial charge is 0.483 e. The zero-order chi connectivity index (χ0) is 17.5. The Labute approximate surface area is 142 Å². The Morgan fingerprint density at radius 1 is 0.917 bits per heavy atom. The van der Waals surface area contributed by atoms with E-state index in [1.807, 2.05) is 63.2 Å². The molecule has 0 bridgehead atoms. The van der Waals surface area contributed by atoms with Crippen molar-refractivity contribution in [2.45, 2.75) is 27.2 Å². The monoisotopic (exact) mass is 326 g/mol. The van der Waals surface area contributed by atoms with Crippen molar-refractivity contribution < 1.29 is 14.3 Å². The van der Waals surface area contributed by atoms with E-state index in [-0.39, 0.29) is 18.9 Å². The van der Waals surface area contributed by atoms with Crippen LogP contribution in [0.15, 0.2) is 42.5 Å². The molecule has 0 saturated carbocycles. The Kier molecular flexibility index (Phi) is 5.95. The maximum Gasteiger partial charge on any atom is 0.276 e. The number of nitrogens with one attached hydrogen (secondary N) is 2. The first-order chi connectivity index (χ1) is 11.5. The number of amides is 2. The third kappa shape index (κ3) is 5.12. The van der Waals surface area contributed by atoms with Crippen LogP contribution in [0.4, 0.5) is 0 Å². The molecule has 2 aromatic rings. The number of ether oxygens (including phenoxy) is 1. The molecule has 2 amide bonds. The Morgan fingerprint density at radius 3 is 2.33 bits per heavy atom. The maximum absolute atomic E-state index is 11.9. The molecule has 0 aliphatic heterocycles. The number of hydrazine groups is 1. The van der Waals surface area contributed by atoms with Crippen LogP contribution >= 0.6 is 0 Å². The normalized spacial score (nSPS) is 10.1. The molecular weight excluding hydrogens is 304 g/mol. The molecule has 0 saturated heterocycles. The van der Waals surface area contributed by atoms with E-state index in [0.717, 1.165) is 22.3 Å². The summed E-state index contributed by atoms with van der Waals surface area (Å²) in [4.78, 5) is 23.6. The first kappa shape index (κ1) is 17.5. The van der Waals surface area contributed by atoms with Gasteiger partial charge in [0, 0.05) is 0 Å². The summed E-state index contributed by atoms with van der Waals surface area (Å²) in [5.41, 5.74) is 8.82. The fourth-order valence-corrected chi connectivity index (χ4v) is 2.31. The third-order valence-electron chi connectivity index (χ3n) is 3.64. The van der Waals surface area contributed by atoms with Crippen LogP contribution in [0.25, 0.3) is 0 Å². The number of carbonyl (C=O) groups excluding carboxylic acids is 2. The summed E-state index contributed by atoms with van der Waals surface area (Å²) in [5, 5.41) is 0. The zero-order valence-electron chi connectivity index (χ0n) is 14.2. The highest BCUT2D eigenvalue weighted by molar-refractivity contribution is 5.84. The van der Waals surface area contributed by atoms with Gasteiger partial charge in [0.25, 0.3) is 5.91 Å². The minimum absolute atomic E-state index is 0.158. The Balaban J connectivity index is 1.76. The van der Waals surface area contributed by atoms with Crippen molar-refractivity contribution in [1.29, 1.82) is 0 Å². The molecule has 2 aromatic carbocycles. The van der Waals surface area contributed by atoms with E-state index in [1.54, 1.807) is 0 Å². The molecule has 0 heterocycles. The number of rotatable bonds is 5. The molecule has 0 aliphatic rings. The second-order valence-electron chi connectivity index (χ2n) is 5.76. The molecule has 0 atom stereocenters. The lowest BCUT2D eigenvalue weighted by molar-refractivity contribution is -0.129. The molecule has 0 fully saturated rings. The van der Waals surface area contributed by atoms with Gasteiger partial charge >= 0.3 is 0 Å². The van der Waals surface area contributed by atoms with E-state index in [2.05, 4.69) is 10.9 Å². The number of aryl methyl sites for hydroxylation is 3. The van der Waals surface area contributed by atoms with E-state index in [4.69, 9.17) is 4.74 Å². The average Bonchev–Trinajstić information content (AvgIpc) is 2.54. The van der Waals surface area contributed by atoms with Crippen LogP contribution in [0, 0.1) is 20.8 Å². The summed E-state index contributed by atoms with van der Waals surface area (Å²) >= 11 is 0. The standard InChI is InChI=1S/C19H22N2O3/c1-13-8-9-17(15(3)10-13)24-12-19(23)21-20-18(22)11-16-7-5-4-6-14(16)2/h4-10H,11-12H2,1-3H3,(H,20,22)(H,21,23). The highest BCUT2D eigenvalue weighted by atomic mass is 16.5. The van der Waals surface area contributed by atoms with E-state index in [1.165, 1.54) is 0 Å². The topological polar surface area (TPSA) is 67.4 Å². The lowest BCUT2D eigenvalue weighted by Gasteiger charge is -2.11. The SMILES string of the molecule is Cc1ccc(OCC(=O)NNC(=O)Cc2ccccc2C)c(C)c1. The first-order valence-corrected chi connectivity index (χ1v) is 7.78. The predicted octanol–water partition coefficient (Wildman–Crippen LogP) is 2.38. The van der Waals surface area contributed by atoms with Crippen LogP contribution < -0.4 is 15.6 Å². The Bertz CT molecular complexity index is 741. The minimum atomic E-state index is -0.409. The van der Waals surface area contributed by atoms with E-state index >= 15 is 0 Å². The van der Waals surface area contributed by atoms with Gasteiger partial charge in [-0.3, -0.25) is 20.4 Å². The van der Waals surface area contributed by atoms with Gasteiger partial charge in [0.2, 0.25) is 5.91 Å². The highest BCUT2D eigenvalue weighted by Gasteiger charge is 2.08. The van der Waals surface area contributed by atoms with Gasteiger partial charge in [-0.25, -0.2) is 0 Å². The smallest absolute Gasteiger partial charge is 0.276 e. The number of benzene rings is 2. The summed E-state index contributed by atoms with van der Waals surface area (Å²) in [6, 6.07) is 13.4. The van der Waals surface area contributed by atoms with Crippen molar-refractivity contribution in [2.75, 3.05) is 6.61 Å². The minimum Gasteiger partial charge on any atom is -0.483 e. The summed E-state index contributed by atoms with van der Waals surface area (Å²) in [6.07, 6.45) is 0.213. The summed E-state index contributed by atoms with van der Waals surface area (Å²) in [7, 11) is 0. The molecular formula is C19H22N2O3. The van der Waals surface area contributed by atoms with Gasteiger partial charge < -0.3 is 4.74 Å². The molecule has 0 spiro atoms. The fourth-order valence-electron chi connectivity index (χ4n) is 2.31. The van der Waals surface area contributed by atoms with Crippen molar-refractivity contribution in [3.05, 3.63) is 64.7 Å². The predicted molar refractivity (Wildman–Crippen MR) is 92.6 cm³/mol. The van der Waals surface area contributed by atoms with Crippen LogP contribution in [0.3, 0.4) is 0 Å². The van der Waals surface area contributed by atoms with Crippen LogP contribution in [0.1, 0.15) is 22.3 Å². The third-order valence-corrected chi connectivity index (χ3v) is 3.64. The van der Waals surface area contributed by atoms with Crippen LogP contribution in [-0.4, -0.2) is 18.4 Å². The lowest BCUT2D eigenvalue weighted by Crippen LogP contribution is -2.44. The van der Waals surface area contributed by atoms with E-state index < -0.39 is 5.91 Å². The number of hydrogen-bond donors (Lipinski definition) is 2. The van der Waals surface area contributed by atoms with E-state index in [0.29, 0.717) is 5.75 Å². The van der Waals surface area contributed by atoms with Crippen LogP contribution in [-0.2, 0) is 16.0 Å². The lowest BCUT2D eigenvalue weighted by atomic mass is 10.1. The summed E-state index contributed by atoms with van der Waals surface area (Å²) < 4.78 is 5.46. The highest BCUT2D eigenvalue weighted by Crippen LogP contribution is 2.18. The van der Waals surface area contributed by atoms with Gasteiger partial charge in [-0.05, 0) is 43.5 Å². The van der Waals surface area contributed by atoms with Crippen molar-refractivity contribution in [3.63, 3.8) is 0 Å². The number of carbonyl (C=O) groups is 2. The van der Waals surface area contributed by atoms with Crippen molar-refractivity contribution in [1.82, 2.24) is 10.9 Å².